The minimum absolute atomic E-state index is 0.370. The third-order valence-electron chi connectivity index (χ3n) is 8.13. The zero-order valence-electron chi connectivity index (χ0n) is 22.3. The Hall–Kier alpha value is -0.766. The molecule has 34 heavy (non-hydrogen) atoms. The van der Waals surface area contributed by atoms with E-state index in [2.05, 4.69) is 116 Å². The first-order valence-corrected chi connectivity index (χ1v) is 21.3. The van der Waals surface area contributed by atoms with Crippen LogP contribution in [0.1, 0.15) is 41.5 Å². The van der Waals surface area contributed by atoms with Crippen LogP contribution in [0.3, 0.4) is 0 Å². The molecule has 0 aromatic carbocycles. The van der Waals surface area contributed by atoms with Gasteiger partial charge in [-0.3, -0.25) is 0 Å². The Morgan fingerprint density at radius 2 is 0.647 bits per heavy atom. The van der Waals surface area contributed by atoms with E-state index in [9.17, 15) is 0 Å². The van der Waals surface area contributed by atoms with Gasteiger partial charge in [0.15, 0.2) is 0 Å². The molecule has 0 atom stereocenters. The molecular formula is C28H38S4Si2. The van der Waals surface area contributed by atoms with Gasteiger partial charge in [-0.15, -0.1) is 45.3 Å². The molecule has 0 radical (unpaired) electrons. The van der Waals surface area contributed by atoms with E-state index < -0.39 is 16.1 Å². The molecule has 6 heteroatoms. The third kappa shape index (κ3) is 4.79. The Morgan fingerprint density at radius 1 is 0.412 bits per heavy atom. The van der Waals surface area contributed by atoms with Gasteiger partial charge in [0.1, 0.15) is 0 Å². The molecule has 0 nitrogen and oxygen atoms in total. The highest BCUT2D eigenvalue weighted by Crippen LogP contribution is 2.44. The second-order valence-electron chi connectivity index (χ2n) is 12.4. The zero-order valence-corrected chi connectivity index (χ0v) is 27.5. The first-order valence-electron chi connectivity index (χ1n) is 12.0. The summed E-state index contributed by atoms with van der Waals surface area (Å²) in [4.78, 5) is 8.41. The van der Waals surface area contributed by atoms with Gasteiger partial charge in [-0.25, -0.2) is 0 Å². The van der Waals surface area contributed by atoms with Crippen LogP contribution in [-0.4, -0.2) is 16.1 Å². The minimum Gasteiger partial charge on any atom is -0.144 e. The van der Waals surface area contributed by atoms with Gasteiger partial charge in [0.05, 0.1) is 16.1 Å². The summed E-state index contributed by atoms with van der Waals surface area (Å²) in [5.74, 6) is 0. The summed E-state index contributed by atoms with van der Waals surface area (Å²) in [6.45, 7) is 24.5. The van der Waals surface area contributed by atoms with Crippen molar-refractivity contribution in [2.45, 2.75) is 77.8 Å². The summed E-state index contributed by atoms with van der Waals surface area (Å²) in [5.41, 5.74) is 0. The topological polar surface area (TPSA) is 0 Å². The monoisotopic (exact) mass is 558 g/mol. The number of thiophene rings is 4. The van der Waals surface area contributed by atoms with Gasteiger partial charge < -0.3 is 0 Å². The molecular weight excluding hydrogens is 521 g/mol. The minimum atomic E-state index is -1.48. The molecule has 0 bridgehead atoms. The average molecular weight is 559 g/mol. The molecule has 0 saturated heterocycles. The summed E-state index contributed by atoms with van der Waals surface area (Å²) >= 11 is 7.91. The van der Waals surface area contributed by atoms with E-state index in [1.807, 2.05) is 45.3 Å². The summed E-state index contributed by atoms with van der Waals surface area (Å²) in [7, 11) is -2.96. The molecule has 0 N–H and O–H groups in total. The van der Waals surface area contributed by atoms with Crippen molar-refractivity contribution in [2.24, 2.45) is 0 Å². The first-order chi connectivity index (χ1) is 15.6. The van der Waals surface area contributed by atoms with E-state index in [1.54, 1.807) is 9.00 Å². The van der Waals surface area contributed by atoms with Crippen LogP contribution in [0.5, 0.6) is 0 Å². The van der Waals surface area contributed by atoms with Crippen molar-refractivity contribution in [3.63, 3.8) is 0 Å². The quantitative estimate of drug-likeness (QED) is 0.214. The highest BCUT2D eigenvalue weighted by atomic mass is 32.1. The van der Waals surface area contributed by atoms with Crippen LogP contribution in [-0.2, 0) is 0 Å². The van der Waals surface area contributed by atoms with Crippen LogP contribution in [0.15, 0.2) is 48.5 Å². The van der Waals surface area contributed by atoms with Gasteiger partial charge in [-0.2, -0.15) is 0 Å². The fourth-order valence-corrected chi connectivity index (χ4v) is 14.4. The van der Waals surface area contributed by atoms with Crippen LogP contribution in [0.4, 0.5) is 0 Å². The molecule has 4 heterocycles. The maximum absolute atomic E-state index is 2.51. The Kier molecular flexibility index (Phi) is 6.93. The van der Waals surface area contributed by atoms with E-state index in [1.165, 1.54) is 29.3 Å². The lowest BCUT2D eigenvalue weighted by Crippen LogP contribution is -2.47. The predicted molar refractivity (Wildman–Crippen MR) is 168 cm³/mol. The van der Waals surface area contributed by atoms with Gasteiger partial charge in [0.25, 0.3) is 0 Å². The van der Waals surface area contributed by atoms with E-state index in [4.69, 9.17) is 0 Å². The van der Waals surface area contributed by atoms with E-state index in [0.717, 1.165) is 0 Å². The third-order valence-corrected chi connectivity index (χ3v) is 26.7. The molecule has 0 aliphatic rings. The summed E-state index contributed by atoms with van der Waals surface area (Å²) < 4.78 is 3.22. The second kappa shape index (κ2) is 8.96. The van der Waals surface area contributed by atoms with Crippen molar-refractivity contribution >= 4 is 70.5 Å². The molecule has 0 unspecified atom stereocenters. The Balaban J connectivity index is 1.57. The van der Waals surface area contributed by atoms with Crippen molar-refractivity contribution < 1.29 is 0 Å². The van der Waals surface area contributed by atoms with Crippen molar-refractivity contribution in [1.82, 2.24) is 0 Å². The maximum atomic E-state index is 2.51. The molecule has 182 valence electrons. The largest absolute Gasteiger partial charge is 0.144 e. The van der Waals surface area contributed by atoms with Gasteiger partial charge in [-0.05, 0) is 55.5 Å². The smallest absolute Gasteiger partial charge is 0.0987 e. The van der Waals surface area contributed by atoms with E-state index in [-0.39, 0.29) is 0 Å². The predicted octanol–water partition coefficient (Wildman–Crippen LogP) is 10.4. The van der Waals surface area contributed by atoms with Crippen molar-refractivity contribution in [3.05, 3.63) is 48.5 Å². The highest BCUT2D eigenvalue weighted by Gasteiger charge is 2.39. The number of rotatable bonds is 5. The van der Waals surface area contributed by atoms with Crippen LogP contribution in [0, 0.1) is 0 Å². The van der Waals surface area contributed by atoms with Crippen molar-refractivity contribution in [3.8, 4) is 29.3 Å². The molecule has 0 fully saturated rings. The van der Waals surface area contributed by atoms with E-state index in [0.29, 0.717) is 10.1 Å². The standard InChI is InChI=1S/C28H38S4Si2/c1-27(2,3)33(7,8)25-17-15-23(31-25)21-13-11-19(29-21)20-12-14-22(30-20)24-16-18-26(32-24)34(9,10)28(4,5)6/h11-18H,1-10H3. The maximum Gasteiger partial charge on any atom is 0.0987 e. The van der Waals surface area contributed by atoms with Crippen LogP contribution in [0.2, 0.25) is 36.3 Å². The molecule has 0 aliphatic carbocycles. The fraction of sp³-hybridized carbons (Fsp3) is 0.429. The molecule has 0 saturated carbocycles. The zero-order chi connectivity index (χ0) is 25.1. The molecule has 0 spiro atoms. The Bertz CT molecular complexity index is 1180. The lowest BCUT2D eigenvalue weighted by molar-refractivity contribution is 0.730. The number of hydrogen-bond donors (Lipinski definition) is 0. The highest BCUT2D eigenvalue weighted by molar-refractivity contribution is 7.33. The number of hydrogen-bond acceptors (Lipinski definition) is 4. The van der Waals surface area contributed by atoms with Gasteiger partial charge in [0, 0.05) is 29.3 Å². The Labute approximate surface area is 224 Å². The lowest BCUT2D eigenvalue weighted by Gasteiger charge is -2.35. The normalized spacial score (nSPS) is 13.6. The molecule has 4 aromatic heterocycles. The summed E-state index contributed by atoms with van der Waals surface area (Å²) in [5, 5.41) is 0.741. The Morgan fingerprint density at radius 3 is 0.912 bits per heavy atom. The van der Waals surface area contributed by atoms with Gasteiger partial charge >= 0.3 is 0 Å². The SMILES string of the molecule is CC(C)(C)[Si](C)(C)c1ccc(-c2ccc(-c3ccc(-c4ccc([Si](C)(C)C(C)(C)C)s4)s3)s2)s1. The molecule has 0 aliphatic heterocycles. The molecule has 4 rings (SSSR count). The van der Waals surface area contributed by atoms with Gasteiger partial charge in [-0.1, -0.05) is 79.9 Å². The summed E-state index contributed by atoms with van der Waals surface area (Å²) in [6, 6.07) is 18.8. The molecule has 4 aromatic rings. The van der Waals surface area contributed by atoms with Crippen LogP contribution < -0.4 is 9.00 Å². The average Bonchev–Trinajstić information content (AvgIpc) is 3.52. The van der Waals surface area contributed by atoms with Crippen molar-refractivity contribution in [2.75, 3.05) is 0 Å². The molecule has 0 amide bonds. The first kappa shape index (κ1) is 26.3. The fourth-order valence-electron chi connectivity index (χ4n) is 3.56. The van der Waals surface area contributed by atoms with Gasteiger partial charge in [0.2, 0.25) is 0 Å². The lowest BCUT2D eigenvalue weighted by atomic mass is 10.2. The second-order valence-corrected chi connectivity index (χ2v) is 28.0. The van der Waals surface area contributed by atoms with E-state index >= 15 is 0 Å². The van der Waals surface area contributed by atoms with Crippen LogP contribution in [0.25, 0.3) is 29.3 Å². The van der Waals surface area contributed by atoms with Crippen molar-refractivity contribution in [1.29, 1.82) is 0 Å². The summed E-state index contributed by atoms with van der Waals surface area (Å²) in [6.07, 6.45) is 0. The van der Waals surface area contributed by atoms with Crippen LogP contribution >= 0.6 is 45.3 Å².